The fraction of sp³-hybridized carbons (Fsp3) is 0.429. The number of carbonyl (C=O) groups is 1. The van der Waals surface area contributed by atoms with E-state index in [0.717, 1.165) is 12.1 Å². The van der Waals surface area contributed by atoms with Crippen molar-refractivity contribution in [3.63, 3.8) is 0 Å². The molecule has 0 radical (unpaired) electrons. The molecule has 0 aliphatic carbocycles. The summed E-state index contributed by atoms with van der Waals surface area (Å²) in [7, 11) is 1.81. The Kier molecular flexibility index (Phi) is 4.63. The Morgan fingerprint density at radius 1 is 1.36 bits per heavy atom. The molecule has 1 saturated heterocycles. The van der Waals surface area contributed by atoms with Gasteiger partial charge in [-0.3, -0.25) is 4.79 Å². The summed E-state index contributed by atoms with van der Waals surface area (Å²) < 4.78 is 38.4. The molecule has 2 rings (SSSR count). The van der Waals surface area contributed by atoms with Crippen LogP contribution in [0, 0.1) is 11.3 Å². The highest BCUT2D eigenvalue weighted by Crippen LogP contribution is 2.32. The summed E-state index contributed by atoms with van der Waals surface area (Å²) in [5.74, 6) is -0.618. The Balaban J connectivity index is 2.33. The minimum Gasteiger partial charge on any atom is -0.320 e. The summed E-state index contributed by atoms with van der Waals surface area (Å²) in [6, 6.07) is 4.03. The monoisotopic (exact) mass is 331 g/mol. The van der Waals surface area contributed by atoms with Crippen molar-refractivity contribution in [3.8, 4) is 6.07 Å². The third kappa shape index (κ3) is 3.51. The summed E-state index contributed by atoms with van der Waals surface area (Å²) >= 11 is 5.69. The maximum atomic E-state index is 12.8. The van der Waals surface area contributed by atoms with Gasteiger partial charge >= 0.3 is 6.18 Å². The Bertz CT molecular complexity index is 627. The van der Waals surface area contributed by atoms with Gasteiger partial charge in [-0.05, 0) is 25.2 Å². The first-order valence-electron chi connectivity index (χ1n) is 6.49. The van der Waals surface area contributed by atoms with Gasteiger partial charge in [0.05, 0.1) is 11.6 Å². The van der Waals surface area contributed by atoms with E-state index in [-0.39, 0.29) is 17.1 Å². The van der Waals surface area contributed by atoms with Crippen LogP contribution >= 0.6 is 11.6 Å². The van der Waals surface area contributed by atoms with Crippen molar-refractivity contribution < 1.29 is 18.0 Å². The maximum Gasteiger partial charge on any atom is 0.416 e. The van der Waals surface area contributed by atoms with Crippen LogP contribution in [0.3, 0.4) is 0 Å². The number of benzene rings is 1. The molecule has 1 aliphatic heterocycles. The molecule has 118 valence electrons. The number of piperazine rings is 1. The molecule has 0 bridgehead atoms. The second kappa shape index (κ2) is 6.15. The molecule has 1 aromatic rings. The van der Waals surface area contributed by atoms with Gasteiger partial charge in [-0.25, -0.2) is 0 Å². The highest BCUT2D eigenvalue weighted by molar-refractivity contribution is 6.31. The zero-order valence-electron chi connectivity index (χ0n) is 11.7. The van der Waals surface area contributed by atoms with E-state index < -0.39 is 23.7 Å². The number of halogens is 4. The number of alkyl halides is 3. The van der Waals surface area contributed by atoms with Crippen molar-refractivity contribution in [1.29, 1.82) is 5.26 Å². The third-order valence-corrected chi connectivity index (χ3v) is 3.68. The zero-order chi connectivity index (χ0) is 16.5. The highest BCUT2D eigenvalue weighted by Gasteiger charge is 2.34. The highest BCUT2D eigenvalue weighted by atomic mass is 35.5. The number of hydrogen-bond donors (Lipinski definition) is 0. The zero-order valence-corrected chi connectivity index (χ0v) is 12.4. The van der Waals surface area contributed by atoms with E-state index in [1.54, 1.807) is 0 Å². The molecular weight excluding hydrogens is 319 g/mol. The van der Waals surface area contributed by atoms with Gasteiger partial charge in [0.1, 0.15) is 6.04 Å². The lowest BCUT2D eigenvalue weighted by Crippen LogP contribution is -2.53. The first-order valence-corrected chi connectivity index (χ1v) is 6.87. The lowest BCUT2D eigenvalue weighted by molar-refractivity contribution is -0.137. The van der Waals surface area contributed by atoms with Gasteiger partial charge in [-0.15, -0.1) is 0 Å². The molecule has 0 saturated carbocycles. The van der Waals surface area contributed by atoms with Gasteiger partial charge in [0.2, 0.25) is 0 Å². The lowest BCUT2D eigenvalue weighted by atomic mass is 10.1. The fourth-order valence-electron chi connectivity index (χ4n) is 2.32. The van der Waals surface area contributed by atoms with Crippen LogP contribution in [0.25, 0.3) is 0 Å². The van der Waals surface area contributed by atoms with Crippen molar-refractivity contribution in [2.24, 2.45) is 0 Å². The van der Waals surface area contributed by atoms with E-state index in [1.165, 1.54) is 11.0 Å². The van der Waals surface area contributed by atoms with Gasteiger partial charge in [-0.1, -0.05) is 11.6 Å². The molecule has 1 fully saturated rings. The molecule has 8 heteroatoms. The van der Waals surface area contributed by atoms with Gasteiger partial charge in [0.25, 0.3) is 5.91 Å². The van der Waals surface area contributed by atoms with Crippen molar-refractivity contribution >= 4 is 17.5 Å². The Morgan fingerprint density at radius 3 is 2.64 bits per heavy atom. The van der Waals surface area contributed by atoms with Crippen LogP contribution in [0.4, 0.5) is 13.2 Å². The summed E-state index contributed by atoms with van der Waals surface area (Å²) in [4.78, 5) is 15.6. The minimum absolute atomic E-state index is 0.162. The van der Waals surface area contributed by atoms with E-state index in [1.807, 2.05) is 18.0 Å². The van der Waals surface area contributed by atoms with Crippen molar-refractivity contribution in [3.05, 3.63) is 34.3 Å². The number of amides is 1. The normalized spacial score (nSPS) is 19.8. The van der Waals surface area contributed by atoms with Crippen LogP contribution in [0.1, 0.15) is 15.9 Å². The molecule has 4 nitrogen and oxygen atoms in total. The third-order valence-electron chi connectivity index (χ3n) is 3.47. The average molecular weight is 332 g/mol. The Morgan fingerprint density at radius 2 is 2.05 bits per heavy atom. The van der Waals surface area contributed by atoms with Crippen LogP contribution in [0.15, 0.2) is 18.2 Å². The molecule has 0 aromatic heterocycles. The molecule has 0 spiro atoms. The molecular formula is C14H13ClF3N3O. The van der Waals surface area contributed by atoms with Crippen molar-refractivity contribution in [2.75, 3.05) is 26.7 Å². The summed E-state index contributed by atoms with van der Waals surface area (Å²) in [6.07, 6.45) is -4.59. The quantitative estimate of drug-likeness (QED) is 0.795. The van der Waals surface area contributed by atoms with E-state index in [2.05, 4.69) is 0 Å². The Labute approximate surface area is 130 Å². The lowest BCUT2D eigenvalue weighted by Gasteiger charge is -2.36. The minimum atomic E-state index is -4.59. The average Bonchev–Trinajstić information content (AvgIpc) is 2.44. The fourth-order valence-corrected chi connectivity index (χ4v) is 2.55. The second-order valence-electron chi connectivity index (χ2n) is 5.13. The van der Waals surface area contributed by atoms with Gasteiger partial charge in [0.15, 0.2) is 0 Å². The molecule has 1 amide bonds. The molecule has 1 aliphatic rings. The van der Waals surface area contributed by atoms with Crippen LogP contribution in [-0.4, -0.2) is 48.4 Å². The topological polar surface area (TPSA) is 47.3 Å². The number of nitriles is 1. The summed E-state index contributed by atoms with van der Waals surface area (Å²) in [6.45, 7) is 1.19. The van der Waals surface area contributed by atoms with Crippen LogP contribution in [-0.2, 0) is 6.18 Å². The molecule has 1 aromatic carbocycles. The van der Waals surface area contributed by atoms with Crippen molar-refractivity contribution in [1.82, 2.24) is 9.80 Å². The van der Waals surface area contributed by atoms with Crippen molar-refractivity contribution in [2.45, 2.75) is 12.2 Å². The van der Waals surface area contributed by atoms with Gasteiger partial charge in [0, 0.05) is 30.2 Å². The van der Waals surface area contributed by atoms with E-state index in [4.69, 9.17) is 16.9 Å². The number of nitrogens with zero attached hydrogens (tertiary/aromatic N) is 3. The predicted octanol–water partition coefficient (Wildman–Crippen LogP) is 2.64. The second-order valence-corrected chi connectivity index (χ2v) is 5.57. The smallest absolute Gasteiger partial charge is 0.320 e. The van der Waals surface area contributed by atoms with E-state index in [9.17, 15) is 18.0 Å². The predicted molar refractivity (Wildman–Crippen MR) is 74.4 cm³/mol. The van der Waals surface area contributed by atoms with E-state index in [0.29, 0.717) is 13.1 Å². The van der Waals surface area contributed by atoms with E-state index >= 15 is 0 Å². The maximum absolute atomic E-state index is 12.8. The number of likely N-dealkylation sites (N-methyl/N-ethyl adjacent to an activating group) is 1. The number of hydrogen-bond acceptors (Lipinski definition) is 3. The van der Waals surface area contributed by atoms with Crippen LogP contribution < -0.4 is 0 Å². The molecule has 0 N–H and O–H groups in total. The first-order chi connectivity index (χ1) is 10.2. The molecule has 1 atom stereocenters. The molecule has 0 unspecified atom stereocenters. The summed E-state index contributed by atoms with van der Waals surface area (Å²) in [5, 5.41) is 8.97. The van der Waals surface area contributed by atoms with Crippen LogP contribution in [0.2, 0.25) is 5.02 Å². The van der Waals surface area contributed by atoms with Crippen LogP contribution in [0.5, 0.6) is 0 Å². The number of carbonyl (C=O) groups excluding carboxylic acids is 1. The standard InChI is InChI=1S/C14H13ClF3N3O/c1-20-2-3-21(12(7-19)8-20)13(22)9-4-10(14(16,17)18)6-11(15)5-9/h4-6,12H,2-3,8H2,1H3/t12-/m0/s1. The SMILES string of the molecule is CN1CCN(C(=O)c2cc(Cl)cc(C(F)(F)F)c2)[C@@H](C#N)C1. The van der Waals surface area contributed by atoms with Gasteiger partial charge < -0.3 is 9.80 Å². The first kappa shape index (κ1) is 16.6. The molecule has 22 heavy (non-hydrogen) atoms. The Hall–Kier alpha value is -1.78. The summed E-state index contributed by atoms with van der Waals surface area (Å²) in [5.41, 5.74) is -1.14. The number of rotatable bonds is 1. The molecule has 1 heterocycles. The van der Waals surface area contributed by atoms with Gasteiger partial charge in [-0.2, -0.15) is 18.4 Å². The largest absolute Gasteiger partial charge is 0.416 e.